The molecule has 39 heavy (non-hydrogen) atoms. The molecule has 1 aliphatic rings. The Morgan fingerprint density at radius 3 is 2.36 bits per heavy atom. The Morgan fingerprint density at radius 1 is 1.13 bits per heavy atom. The number of amides is 2. The van der Waals surface area contributed by atoms with Gasteiger partial charge in [-0.1, -0.05) is 36.9 Å². The van der Waals surface area contributed by atoms with Gasteiger partial charge < -0.3 is 9.47 Å². The molecule has 0 N–H and O–H groups in total. The van der Waals surface area contributed by atoms with Gasteiger partial charge in [-0.05, 0) is 66.5 Å². The predicted octanol–water partition coefficient (Wildman–Crippen LogP) is 7.68. The topological polar surface area (TPSA) is 72.0 Å². The van der Waals surface area contributed by atoms with E-state index in [9.17, 15) is 9.59 Å². The summed E-state index contributed by atoms with van der Waals surface area (Å²) in [5.41, 5.74) is 1.22. The summed E-state index contributed by atoms with van der Waals surface area (Å²) in [6.45, 7) is 19.4. The van der Waals surface area contributed by atoms with Crippen molar-refractivity contribution in [3.8, 4) is 9.88 Å². The summed E-state index contributed by atoms with van der Waals surface area (Å²) in [4.78, 5) is 36.6. The van der Waals surface area contributed by atoms with Crippen molar-refractivity contribution >= 4 is 45.4 Å². The second-order valence-electron chi connectivity index (χ2n) is 11.4. The van der Waals surface area contributed by atoms with Gasteiger partial charge in [0.2, 0.25) is 0 Å². The first-order valence-electron chi connectivity index (χ1n) is 13.0. The highest BCUT2D eigenvalue weighted by Gasteiger charge is 2.49. The summed E-state index contributed by atoms with van der Waals surface area (Å²) in [5, 5.41) is 3.59. The lowest BCUT2D eigenvalue weighted by molar-refractivity contribution is -0.164. The van der Waals surface area contributed by atoms with Crippen LogP contribution in [-0.4, -0.2) is 45.7 Å². The Bertz CT molecular complexity index is 1350. The van der Waals surface area contributed by atoms with Crippen LogP contribution in [0.25, 0.3) is 15.6 Å². The standard InChI is InChI=1S/C30H37N3O4S2/c1-18(2)36-22(21-13-11-10-12-14-21)17-32-26-23(19(3)24(39-26)25-31-15-16-38-25)20(4)33(28(32)35)30(8,9)27(34)37-29(5,6)7/h10-16,18,22H,4,17H2,1-3,5-9H3. The minimum absolute atomic E-state index is 0.0604. The van der Waals surface area contributed by atoms with Crippen molar-refractivity contribution < 1.29 is 19.1 Å². The lowest BCUT2D eigenvalue weighted by Gasteiger charge is -2.45. The lowest BCUT2D eigenvalue weighted by Crippen LogP contribution is -2.59. The molecule has 0 spiro atoms. The fourth-order valence-electron chi connectivity index (χ4n) is 4.62. The molecule has 2 aromatic heterocycles. The number of urea groups is 1. The number of esters is 1. The van der Waals surface area contributed by atoms with Gasteiger partial charge in [0.25, 0.3) is 0 Å². The van der Waals surface area contributed by atoms with E-state index in [1.54, 1.807) is 36.3 Å². The van der Waals surface area contributed by atoms with E-state index in [1.807, 2.05) is 77.3 Å². The minimum atomic E-state index is -1.31. The Balaban J connectivity index is 1.86. The van der Waals surface area contributed by atoms with Crippen molar-refractivity contribution in [2.24, 2.45) is 0 Å². The molecule has 3 aromatic rings. The van der Waals surface area contributed by atoms with Crippen molar-refractivity contribution in [1.82, 2.24) is 9.88 Å². The number of fused-ring (bicyclic) bond motifs is 1. The molecule has 1 atom stereocenters. The number of nitrogens with zero attached hydrogens (tertiary/aromatic N) is 3. The van der Waals surface area contributed by atoms with Gasteiger partial charge in [-0.15, -0.1) is 22.7 Å². The lowest BCUT2D eigenvalue weighted by atomic mass is 9.96. The van der Waals surface area contributed by atoms with Crippen LogP contribution in [0.5, 0.6) is 0 Å². The third-order valence-electron chi connectivity index (χ3n) is 6.39. The van der Waals surface area contributed by atoms with Crippen molar-refractivity contribution in [3.05, 3.63) is 65.2 Å². The van der Waals surface area contributed by atoms with Gasteiger partial charge in [0.15, 0.2) is 0 Å². The zero-order valence-electron chi connectivity index (χ0n) is 23.9. The number of benzene rings is 1. The maximum absolute atomic E-state index is 14.4. The largest absolute Gasteiger partial charge is 0.458 e. The second kappa shape index (κ2) is 10.9. The predicted molar refractivity (Wildman–Crippen MR) is 159 cm³/mol. The van der Waals surface area contributed by atoms with E-state index in [0.29, 0.717) is 5.70 Å². The Kier molecular flexibility index (Phi) is 8.08. The molecule has 0 aliphatic carbocycles. The average molecular weight is 568 g/mol. The number of rotatable bonds is 8. The molecule has 0 saturated heterocycles. The molecule has 2 amide bonds. The zero-order chi connectivity index (χ0) is 28.7. The normalized spacial score (nSPS) is 15.1. The van der Waals surface area contributed by atoms with Crippen LogP contribution >= 0.6 is 22.7 Å². The van der Waals surface area contributed by atoms with Gasteiger partial charge in [0.1, 0.15) is 27.3 Å². The van der Waals surface area contributed by atoms with Gasteiger partial charge in [0, 0.05) is 17.1 Å². The molecule has 0 radical (unpaired) electrons. The number of hydrogen-bond donors (Lipinski definition) is 0. The number of carbonyl (C=O) groups excluding carboxylic acids is 2. The number of ether oxygens (including phenoxy) is 2. The molecule has 0 fully saturated rings. The number of anilines is 1. The highest BCUT2D eigenvalue weighted by molar-refractivity contribution is 7.24. The minimum Gasteiger partial charge on any atom is -0.458 e. The van der Waals surface area contributed by atoms with Crippen LogP contribution in [0.15, 0.2) is 48.5 Å². The molecule has 9 heteroatoms. The molecule has 7 nitrogen and oxygen atoms in total. The van der Waals surface area contributed by atoms with Crippen LogP contribution in [0.1, 0.15) is 71.3 Å². The van der Waals surface area contributed by atoms with E-state index in [1.165, 1.54) is 16.2 Å². The number of hydrogen-bond acceptors (Lipinski definition) is 7. The van der Waals surface area contributed by atoms with Gasteiger partial charge in [-0.2, -0.15) is 0 Å². The van der Waals surface area contributed by atoms with Crippen LogP contribution in [0, 0.1) is 6.92 Å². The van der Waals surface area contributed by atoms with Gasteiger partial charge >= 0.3 is 12.0 Å². The molecule has 208 valence electrons. The van der Waals surface area contributed by atoms with E-state index in [4.69, 9.17) is 9.47 Å². The summed E-state index contributed by atoms with van der Waals surface area (Å²) in [7, 11) is 0. The Morgan fingerprint density at radius 2 is 1.79 bits per heavy atom. The maximum Gasteiger partial charge on any atom is 0.332 e. The summed E-state index contributed by atoms with van der Waals surface area (Å²) in [5.74, 6) is -0.501. The zero-order valence-corrected chi connectivity index (χ0v) is 25.5. The first-order valence-corrected chi connectivity index (χ1v) is 14.7. The van der Waals surface area contributed by atoms with Crippen LogP contribution < -0.4 is 4.90 Å². The molecule has 1 unspecified atom stereocenters. The summed E-state index contributed by atoms with van der Waals surface area (Å²) < 4.78 is 12.1. The van der Waals surface area contributed by atoms with E-state index in [-0.39, 0.29) is 24.8 Å². The third kappa shape index (κ3) is 5.81. The Hall–Kier alpha value is -3.01. The fraction of sp³-hybridized carbons (Fsp3) is 0.433. The Labute approximate surface area is 239 Å². The van der Waals surface area contributed by atoms with Crippen molar-refractivity contribution in [2.75, 3.05) is 11.4 Å². The number of thiophene rings is 1. The quantitative estimate of drug-likeness (QED) is 0.261. The molecule has 1 aromatic carbocycles. The molecule has 4 rings (SSSR count). The van der Waals surface area contributed by atoms with Crippen LogP contribution in [0.2, 0.25) is 0 Å². The van der Waals surface area contributed by atoms with E-state index >= 15 is 0 Å². The summed E-state index contributed by atoms with van der Waals surface area (Å²) in [6.07, 6.45) is 1.33. The molecular formula is C30H37N3O4S2. The van der Waals surface area contributed by atoms with Crippen molar-refractivity contribution in [2.45, 2.75) is 78.7 Å². The van der Waals surface area contributed by atoms with Gasteiger partial charge in [-0.25, -0.2) is 14.6 Å². The van der Waals surface area contributed by atoms with Gasteiger partial charge in [0.05, 0.1) is 23.2 Å². The summed E-state index contributed by atoms with van der Waals surface area (Å²) >= 11 is 3.06. The van der Waals surface area contributed by atoms with E-state index < -0.39 is 17.1 Å². The molecule has 3 heterocycles. The third-order valence-corrected chi connectivity index (χ3v) is 8.64. The smallest absolute Gasteiger partial charge is 0.332 e. The van der Waals surface area contributed by atoms with E-state index in [2.05, 4.69) is 11.6 Å². The molecule has 0 bridgehead atoms. The van der Waals surface area contributed by atoms with Crippen molar-refractivity contribution in [3.63, 3.8) is 0 Å². The first kappa shape index (κ1) is 29.0. The molecule has 0 saturated carbocycles. The first-order chi connectivity index (χ1) is 18.2. The molecule has 1 aliphatic heterocycles. The number of thiazole rings is 1. The average Bonchev–Trinajstić information content (AvgIpc) is 3.48. The SMILES string of the molecule is C=C1c2c(sc(-c3nccs3)c2C)N(CC(OC(C)C)c2ccccc2)C(=O)N1C(C)(C)C(=O)OC(C)(C)C. The number of aromatic nitrogens is 1. The molecular weight excluding hydrogens is 530 g/mol. The highest BCUT2D eigenvalue weighted by Crippen LogP contribution is 2.50. The summed E-state index contributed by atoms with van der Waals surface area (Å²) in [6, 6.07) is 9.55. The van der Waals surface area contributed by atoms with Crippen molar-refractivity contribution in [1.29, 1.82) is 0 Å². The van der Waals surface area contributed by atoms with Crippen LogP contribution in [-0.2, 0) is 14.3 Å². The maximum atomic E-state index is 14.4. The monoisotopic (exact) mass is 567 g/mol. The fourth-order valence-corrected chi connectivity index (χ4v) is 6.75. The van der Waals surface area contributed by atoms with Crippen LogP contribution in [0.4, 0.5) is 9.80 Å². The van der Waals surface area contributed by atoms with Crippen LogP contribution in [0.3, 0.4) is 0 Å². The second-order valence-corrected chi connectivity index (χ2v) is 13.3. The number of carbonyl (C=O) groups is 2. The van der Waals surface area contributed by atoms with Gasteiger partial charge in [-0.3, -0.25) is 9.80 Å². The highest BCUT2D eigenvalue weighted by atomic mass is 32.1. The van der Waals surface area contributed by atoms with E-state index in [0.717, 1.165) is 31.6 Å².